The highest BCUT2D eigenvalue weighted by atomic mass is 35.5. The highest BCUT2D eigenvalue weighted by Crippen LogP contribution is 2.31. The maximum absolute atomic E-state index is 10.8. The SMILES string of the molecule is Nc1c(Cl)cc(C(O)CNCCCCCCOCCCc2ccc(C(=O)O)cc2)cc1Cl. The minimum absolute atomic E-state index is 0.313. The summed E-state index contributed by atoms with van der Waals surface area (Å²) in [5.74, 6) is -0.901. The summed E-state index contributed by atoms with van der Waals surface area (Å²) < 4.78 is 5.68. The van der Waals surface area contributed by atoms with Gasteiger partial charge in [0.2, 0.25) is 0 Å². The molecule has 0 aliphatic rings. The number of carbonyl (C=O) groups is 1. The van der Waals surface area contributed by atoms with Gasteiger partial charge in [-0.15, -0.1) is 0 Å². The van der Waals surface area contributed by atoms with Crippen LogP contribution in [0.2, 0.25) is 10.0 Å². The molecule has 2 aromatic carbocycles. The van der Waals surface area contributed by atoms with Crippen LogP contribution < -0.4 is 11.1 Å². The van der Waals surface area contributed by atoms with Gasteiger partial charge in [0.05, 0.1) is 27.4 Å². The second-order valence-corrected chi connectivity index (χ2v) is 8.56. The Morgan fingerprint density at radius 1 is 1.00 bits per heavy atom. The summed E-state index contributed by atoms with van der Waals surface area (Å²) in [4.78, 5) is 10.8. The number of nitrogens with two attached hydrogens (primary N) is 1. The number of carboxylic acids is 1. The van der Waals surface area contributed by atoms with Crippen LogP contribution in [0.4, 0.5) is 5.69 Å². The molecule has 2 aromatic rings. The monoisotopic (exact) mass is 482 g/mol. The average molecular weight is 483 g/mol. The van der Waals surface area contributed by atoms with Gasteiger partial charge in [-0.1, -0.05) is 48.2 Å². The van der Waals surface area contributed by atoms with Gasteiger partial charge in [-0.3, -0.25) is 0 Å². The van der Waals surface area contributed by atoms with Gasteiger partial charge in [0.15, 0.2) is 0 Å². The molecule has 8 heteroatoms. The molecular formula is C24H32Cl2N2O4. The molecule has 1 unspecified atom stereocenters. The Labute approximate surface area is 199 Å². The third-order valence-electron chi connectivity index (χ3n) is 5.17. The van der Waals surface area contributed by atoms with Crippen molar-refractivity contribution >= 4 is 34.9 Å². The van der Waals surface area contributed by atoms with E-state index in [0.29, 0.717) is 40.0 Å². The van der Waals surface area contributed by atoms with E-state index in [-0.39, 0.29) is 0 Å². The van der Waals surface area contributed by atoms with E-state index in [2.05, 4.69) is 5.32 Å². The molecule has 32 heavy (non-hydrogen) atoms. The number of carboxylic acid groups (broad SMARTS) is 1. The van der Waals surface area contributed by atoms with Gasteiger partial charge < -0.3 is 26.0 Å². The van der Waals surface area contributed by atoms with Crippen LogP contribution in [-0.4, -0.2) is 42.5 Å². The minimum atomic E-state index is -0.901. The van der Waals surface area contributed by atoms with Gasteiger partial charge in [0.25, 0.3) is 0 Å². The van der Waals surface area contributed by atoms with Gasteiger partial charge in [-0.2, -0.15) is 0 Å². The molecule has 0 saturated carbocycles. The largest absolute Gasteiger partial charge is 0.478 e. The Kier molecular flexibility index (Phi) is 11.8. The number of hydrogen-bond acceptors (Lipinski definition) is 5. The van der Waals surface area contributed by atoms with Crippen molar-refractivity contribution in [2.45, 2.75) is 44.6 Å². The number of aryl methyl sites for hydroxylation is 1. The first kappa shape index (κ1) is 26.4. The van der Waals surface area contributed by atoms with Gasteiger partial charge >= 0.3 is 5.97 Å². The van der Waals surface area contributed by atoms with E-state index in [9.17, 15) is 9.90 Å². The van der Waals surface area contributed by atoms with E-state index < -0.39 is 12.1 Å². The standard InChI is InChI=1S/C24H32Cl2N2O4/c25-20-14-19(15-21(26)23(20)27)22(29)16-28-11-3-1-2-4-12-32-13-5-6-17-7-9-18(10-8-17)24(30)31/h7-10,14-15,22,28-29H,1-6,11-13,16,27H2,(H,30,31). The summed E-state index contributed by atoms with van der Waals surface area (Å²) in [6, 6.07) is 10.3. The molecule has 0 aliphatic carbocycles. The van der Waals surface area contributed by atoms with Crippen LogP contribution in [0.25, 0.3) is 0 Å². The molecule has 0 bridgehead atoms. The summed E-state index contributed by atoms with van der Waals surface area (Å²) in [6.07, 6.45) is 5.37. The number of aliphatic hydroxyl groups is 1. The van der Waals surface area contributed by atoms with Crippen LogP contribution >= 0.6 is 23.2 Å². The summed E-state index contributed by atoms with van der Waals surface area (Å²) in [5, 5.41) is 23.1. The summed E-state index contributed by atoms with van der Waals surface area (Å²) in [6.45, 7) is 2.72. The lowest BCUT2D eigenvalue weighted by Gasteiger charge is -2.14. The number of halogens is 2. The highest BCUT2D eigenvalue weighted by Gasteiger charge is 2.11. The van der Waals surface area contributed by atoms with E-state index in [1.807, 2.05) is 12.1 Å². The van der Waals surface area contributed by atoms with Gasteiger partial charge in [0, 0.05) is 19.8 Å². The van der Waals surface area contributed by atoms with Crippen molar-refractivity contribution in [3.8, 4) is 0 Å². The van der Waals surface area contributed by atoms with Crippen molar-refractivity contribution in [1.29, 1.82) is 0 Å². The molecule has 0 amide bonds. The lowest BCUT2D eigenvalue weighted by atomic mass is 10.1. The topological polar surface area (TPSA) is 105 Å². The van der Waals surface area contributed by atoms with Crippen LogP contribution in [-0.2, 0) is 11.2 Å². The quantitative estimate of drug-likeness (QED) is 0.207. The van der Waals surface area contributed by atoms with E-state index in [1.165, 1.54) is 0 Å². The first-order valence-corrected chi connectivity index (χ1v) is 11.7. The highest BCUT2D eigenvalue weighted by molar-refractivity contribution is 6.38. The van der Waals surface area contributed by atoms with Crippen LogP contribution in [0.3, 0.4) is 0 Å². The Hall–Kier alpha value is -1.83. The Morgan fingerprint density at radius 2 is 1.62 bits per heavy atom. The average Bonchev–Trinajstić information content (AvgIpc) is 2.78. The number of ether oxygens (including phenoxy) is 1. The fourth-order valence-corrected chi connectivity index (χ4v) is 3.76. The normalized spacial score (nSPS) is 12.1. The zero-order valence-corrected chi connectivity index (χ0v) is 19.7. The molecular weight excluding hydrogens is 451 g/mol. The lowest BCUT2D eigenvalue weighted by Crippen LogP contribution is -2.22. The number of anilines is 1. The van der Waals surface area contributed by atoms with E-state index in [4.69, 9.17) is 38.8 Å². The van der Waals surface area contributed by atoms with E-state index >= 15 is 0 Å². The molecule has 0 heterocycles. The number of hydrogen-bond donors (Lipinski definition) is 4. The molecule has 1 atom stereocenters. The zero-order chi connectivity index (χ0) is 23.3. The molecule has 0 fully saturated rings. The molecule has 0 aromatic heterocycles. The predicted octanol–water partition coefficient (Wildman–Crippen LogP) is 5.11. The van der Waals surface area contributed by atoms with Crippen LogP contribution in [0.5, 0.6) is 0 Å². The Balaban J connectivity index is 1.43. The van der Waals surface area contributed by atoms with Crippen molar-refractivity contribution in [2.24, 2.45) is 0 Å². The van der Waals surface area contributed by atoms with Crippen LogP contribution in [0.15, 0.2) is 36.4 Å². The maximum Gasteiger partial charge on any atom is 0.335 e. The van der Waals surface area contributed by atoms with Gasteiger partial charge in [-0.05, 0) is 67.6 Å². The maximum atomic E-state index is 10.8. The molecule has 0 spiro atoms. The lowest BCUT2D eigenvalue weighted by molar-refractivity contribution is 0.0697. The fraction of sp³-hybridized carbons (Fsp3) is 0.458. The van der Waals surface area contributed by atoms with Gasteiger partial charge in [-0.25, -0.2) is 4.79 Å². The van der Waals surface area contributed by atoms with E-state index in [1.54, 1.807) is 24.3 Å². The number of benzene rings is 2. The third-order valence-corrected chi connectivity index (χ3v) is 5.80. The summed E-state index contributed by atoms with van der Waals surface area (Å²) in [5.41, 5.74) is 8.13. The third kappa shape index (κ3) is 9.35. The smallest absolute Gasteiger partial charge is 0.335 e. The van der Waals surface area contributed by atoms with Crippen LogP contribution in [0.1, 0.15) is 59.7 Å². The number of unbranched alkanes of at least 4 members (excludes halogenated alkanes) is 3. The van der Waals surface area contributed by atoms with Crippen molar-refractivity contribution in [1.82, 2.24) is 5.32 Å². The number of aliphatic hydroxyl groups excluding tert-OH is 1. The van der Waals surface area contributed by atoms with Crippen molar-refractivity contribution in [2.75, 3.05) is 32.0 Å². The predicted molar refractivity (Wildman–Crippen MR) is 130 cm³/mol. The number of rotatable bonds is 15. The zero-order valence-electron chi connectivity index (χ0n) is 18.2. The molecule has 6 nitrogen and oxygen atoms in total. The molecule has 2 rings (SSSR count). The molecule has 5 N–H and O–H groups in total. The van der Waals surface area contributed by atoms with Crippen molar-refractivity contribution in [3.63, 3.8) is 0 Å². The fourth-order valence-electron chi connectivity index (χ4n) is 3.26. The molecule has 0 aliphatic heterocycles. The number of nitrogens with one attached hydrogen (secondary N) is 1. The van der Waals surface area contributed by atoms with Crippen LogP contribution in [0, 0.1) is 0 Å². The Bertz CT molecular complexity index is 823. The first-order valence-electron chi connectivity index (χ1n) is 10.9. The second kappa shape index (κ2) is 14.3. The van der Waals surface area contributed by atoms with E-state index in [0.717, 1.165) is 57.2 Å². The second-order valence-electron chi connectivity index (χ2n) is 7.75. The molecule has 176 valence electrons. The summed E-state index contributed by atoms with van der Waals surface area (Å²) in [7, 11) is 0. The molecule has 0 saturated heterocycles. The first-order chi connectivity index (χ1) is 15.4. The molecule has 0 radical (unpaired) electrons. The number of aromatic carboxylic acids is 1. The van der Waals surface area contributed by atoms with Gasteiger partial charge in [0.1, 0.15) is 0 Å². The minimum Gasteiger partial charge on any atom is -0.478 e. The Morgan fingerprint density at radius 3 is 2.28 bits per heavy atom. The summed E-state index contributed by atoms with van der Waals surface area (Å²) >= 11 is 12.0. The van der Waals surface area contributed by atoms with Crippen molar-refractivity contribution < 1.29 is 19.7 Å². The van der Waals surface area contributed by atoms with Crippen molar-refractivity contribution in [3.05, 3.63) is 63.1 Å². The number of nitrogen functional groups attached to an aromatic ring is 1.